The summed E-state index contributed by atoms with van der Waals surface area (Å²) in [4.78, 5) is 0. The van der Waals surface area contributed by atoms with E-state index in [1.165, 1.54) is 0 Å². The number of hydrogen-bond donors (Lipinski definition) is 0. The predicted octanol–water partition coefficient (Wildman–Crippen LogP) is 7.73. The summed E-state index contributed by atoms with van der Waals surface area (Å²) in [5.41, 5.74) is 4.16. The molecule has 242 valence electrons. The average molecular weight is 623 g/mol. The molecule has 0 aliphatic rings. The lowest BCUT2D eigenvalue weighted by molar-refractivity contribution is -0.206. The lowest BCUT2D eigenvalue weighted by Crippen LogP contribution is -2.52. The van der Waals surface area contributed by atoms with E-state index in [1.807, 2.05) is 121 Å². The van der Waals surface area contributed by atoms with Gasteiger partial charge in [0.1, 0.15) is 24.4 Å². The summed E-state index contributed by atoms with van der Waals surface area (Å²) in [5, 5.41) is 0. The topological polar surface area (TPSA) is 55.4 Å². The van der Waals surface area contributed by atoms with Crippen LogP contribution in [-0.4, -0.2) is 50.8 Å². The predicted molar refractivity (Wildman–Crippen MR) is 182 cm³/mol. The molecule has 4 aromatic carbocycles. The summed E-state index contributed by atoms with van der Waals surface area (Å²) in [6, 6.07) is 40.3. The smallest absolute Gasteiger partial charge is 0.115 e. The highest BCUT2D eigenvalue weighted by atomic mass is 16.6. The van der Waals surface area contributed by atoms with Crippen molar-refractivity contribution in [2.24, 2.45) is 0 Å². The molecule has 0 fully saturated rings. The van der Waals surface area contributed by atoms with Crippen LogP contribution in [0.4, 0.5) is 0 Å². The molecule has 6 heteroatoms. The van der Waals surface area contributed by atoms with Crippen LogP contribution >= 0.6 is 0 Å². The third kappa shape index (κ3) is 12.5. The lowest BCUT2D eigenvalue weighted by Gasteiger charge is -2.37. The zero-order valence-corrected chi connectivity index (χ0v) is 26.5. The molecular formula is C40H46O6. The van der Waals surface area contributed by atoms with Gasteiger partial charge in [0.05, 0.1) is 52.9 Å². The minimum atomic E-state index is -0.592. The van der Waals surface area contributed by atoms with E-state index in [-0.39, 0.29) is 13.2 Å². The van der Waals surface area contributed by atoms with Gasteiger partial charge in [0.15, 0.2) is 0 Å². The van der Waals surface area contributed by atoms with Crippen molar-refractivity contribution in [1.82, 2.24) is 0 Å². The van der Waals surface area contributed by atoms with E-state index in [1.54, 1.807) is 12.2 Å². The number of hydrogen-bond acceptors (Lipinski definition) is 6. The van der Waals surface area contributed by atoms with Gasteiger partial charge < -0.3 is 28.4 Å². The maximum atomic E-state index is 6.79. The highest BCUT2D eigenvalue weighted by Gasteiger charge is 2.39. The molecule has 4 rings (SSSR count). The van der Waals surface area contributed by atoms with Crippen LogP contribution < -0.4 is 0 Å². The van der Waals surface area contributed by atoms with Crippen LogP contribution in [0.25, 0.3) is 0 Å². The molecule has 4 atom stereocenters. The normalized spacial score (nSPS) is 13.8. The third-order valence-corrected chi connectivity index (χ3v) is 7.28. The maximum absolute atomic E-state index is 6.79. The minimum Gasteiger partial charge on any atom is -0.375 e. The zero-order valence-electron chi connectivity index (χ0n) is 26.5. The van der Waals surface area contributed by atoms with Gasteiger partial charge in [0.25, 0.3) is 0 Å². The van der Waals surface area contributed by atoms with Crippen molar-refractivity contribution in [2.45, 2.75) is 50.8 Å². The highest BCUT2D eigenvalue weighted by Crippen LogP contribution is 2.24. The van der Waals surface area contributed by atoms with Gasteiger partial charge in [-0.3, -0.25) is 0 Å². The molecule has 0 saturated carbocycles. The molecular weight excluding hydrogens is 576 g/mol. The molecule has 0 spiro atoms. The fourth-order valence-corrected chi connectivity index (χ4v) is 4.93. The highest BCUT2D eigenvalue weighted by molar-refractivity contribution is 5.16. The van der Waals surface area contributed by atoms with Crippen LogP contribution in [0.1, 0.15) is 22.3 Å². The number of benzene rings is 4. The van der Waals surface area contributed by atoms with Crippen LogP contribution in [0.2, 0.25) is 0 Å². The van der Waals surface area contributed by atoms with Gasteiger partial charge in [0, 0.05) is 0 Å². The fraction of sp³-hybridized carbons (Fsp3) is 0.300. The van der Waals surface area contributed by atoms with Crippen LogP contribution in [0.3, 0.4) is 0 Å². The summed E-state index contributed by atoms with van der Waals surface area (Å²) >= 11 is 0. The zero-order chi connectivity index (χ0) is 32.1. The molecule has 46 heavy (non-hydrogen) atoms. The molecule has 0 N–H and O–H groups in total. The maximum Gasteiger partial charge on any atom is 0.115 e. The van der Waals surface area contributed by atoms with E-state index >= 15 is 0 Å². The van der Waals surface area contributed by atoms with Gasteiger partial charge in [-0.05, 0) is 22.3 Å². The molecule has 0 bridgehead atoms. The summed E-state index contributed by atoms with van der Waals surface area (Å²) in [5.74, 6) is 0. The molecule has 0 radical (unpaired) electrons. The Hall–Kier alpha value is -3.88. The average Bonchev–Trinajstić information content (AvgIpc) is 3.11. The van der Waals surface area contributed by atoms with Crippen molar-refractivity contribution in [3.05, 3.63) is 169 Å². The first-order valence-electron chi connectivity index (χ1n) is 15.8. The minimum absolute atomic E-state index is 0.266. The quantitative estimate of drug-likeness (QED) is 0.0624. The second kappa shape index (κ2) is 21.0. The molecule has 0 heterocycles. The van der Waals surface area contributed by atoms with E-state index in [0.29, 0.717) is 39.6 Å². The first-order chi connectivity index (χ1) is 22.8. The van der Waals surface area contributed by atoms with Crippen LogP contribution in [0.15, 0.2) is 147 Å². The van der Waals surface area contributed by atoms with Crippen molar-refractivity contribution >= 4 is 0 Å². The Kier molecular flexibility index (Phi) is 16.0. The van der Waals surface area contributed by atoms with Crippen LogP contribution in [0, 0.1) is 0 Å². The molecule has 0 unspecified atom stereocenters. The van der Waals surface area contributed by atoms with Gasteiger partial charge in [-0.25, -0.2) is 0 Å². The van der Waals surface area contributed by atoms with E-state index in [2.05, 4.69) is 13.2 Å². The van der Waals surface area contributed by atoms with Crippen molar-refractivity contribution in [3.63, 3.8) is 0 Å². The fourth-order valence-electron chi connectivity index (χ4n) is 4.93. The Labute approximate surface area is 274 Å². The molecule has 0 aliphatic heterocycles. The Bertz CT molecular complexity index is 1240. The Morgan fingerprint density at radius 1 is 0.413 bits per heavy atom. The Morgan fingerprint density at radius 2 is 0.696 bits per heavy atom. The van der Waals surface area contributed by atoms with E-state index < -0.39 is 24.4 Å². The van der Waals surface area contributed by atoms with Crippen LogP contribution in [-0.2, 0) is 54.8 Å². The molecule has 0 saturated heterocycles. The van der Waals surface area contributed by atoms with E-state index in [4.69, 9.17) is 28.4 Å². The Balaban J connectivity index is 1.69. The summed E-state index contributed by atoms with van der Waals surface area (Å²) in [6.45, 7) is 10.4. The van der Waals surface area contributed by atoms with E-state index in [9.17, 15) is 0 Å². The number of ether oxygens (including phenoxy) is 6. The largest absolute Gasteiger partial charge is 0.375 e. The van der Waals surface area contributed by atoms with Gasteiger partial charge >= 0.3 is 0 Å². The van der Waals surface area contributed by atoms with Crippen molar-refractivity contribution in [3.8, 4) is 0 Å². The van der Waals surface area contributed by atoms with Gasteiger partial charge in [-0.1, -0.05) is 133 Å². The van der Waals surface area contributed by atoms with Crippen molar-refractivity contribution in [2.75, 3.05) is 26.4 Å². The molecule has 6 nitrogen and oxygen atoms in total. The number of rotatable bonds is 23. The van der Waals surface area contributed by atoms with E-state index in [0.717, 1.165) is 22.3 Å². The van der Waals surface area contributed by atoms with Gasteiger partial charge in [0.2, 0.25) is 0 Å². The molecule has 4 aromatic rings. The second-order valence-corrected chi connectivity index (χ2v) is 10.8. The standard InChI is InChI=1S/C40H46O6/c1-3-25-41-31-37(43-27-33-17-9-5-10-18-33)39(45-29-35-21-13-7-14-22-35)40(46-30-36-23-15-8-16-24-36)38(32-42-26-4-2)44-28-34-19-11-6-12-20-34/h3-24,37-40H,1-2,25-32H2/t37-,38-,39-,40-/m1/s1. The summed E-state index contributed by atoms with van der Waals surface area (Å²) < 4.78 is 38.9. The third-order valence-electron chi connectivity index (χ3n) is 7.28. The Morgan fingerprint density at radius 3 is 0.978 bits per heavy atom. The lowest BCUT2D eigenvalue weighted by atomic mass is 10.0. The molecule has 0 amide bonds. The SMILES string of the molecule is C=CCOC[C@@H](OCc1ccccc1)[C@@H](OCc1ccccc1)[C@H](OCc1ccccc1)[C@@H](COCC=C)OCc1ccccc1. The first kappa shape index (κ1) is 35.0. The molecule has 0 aromatic heterocycles. The summed E-state index contributed by atoms with van der Waals surface area (Å²) in [7, 11) is 0. The second-order valence-electron chi connectivity index (χ2n) is 10.8. The molecule has 0 aliphatic carbocycles. The first-order valence-corrected chi connectivity index (χ1v) is 15.8. The summed E-state index contributed by atoms with van der Waals surface area (Å²) in [6.07, 6.45) is 1.26. The van der Waals surface area contributed by atoms with Gasteiger partial charge in [-0.15, -0.1) is 13.2 Å². The monoisotopic (exact) mass is 622 g/mol. The van der Waals surface area contributed by atoms with Crippen molar-refractivity contribution in [1.29, 1.82) is 0 Å². The van der Waals surface area contributed by atoms with Crippen molar-refractivity contribution < 1.29 is 28.4 Å². The van der Waals surface area contributed by atoms with Crippen LogP contribution in [0.5, 0.6) is 0 Å². The van der Waals surface area contributed by atoms with Gasteiger partial charge in [-0.2, -0.15) is 0 Å².